The van der Waals surface area contributed by atoms with Gasteiger partial charge in [0.05, 0.1) is 42.0 Å². The van der Waals surface area contributed by atoms with E-state index < -0.39 is 28.8 Å². The summed E-state index contributed by atoms with van der Waals surface area (Å²) in [7, 11) is 1.08. The van der Waals surface area contributed by atoms with Crippen LogP contribution in [0.25, 0.3) is 16.6 Å². The molecule has 8 nitrogen and oxygen atoms in total. The second kappa shape index (κ2) is 7.73. The minimum absolute atomic E-state index is 0.103. The molecule has 2 N–H and O–H groups in total. The minimum Gasteiger partial charge on any atom is -0.465 e. The Bertz CT molecular complexity index is 1210. The van der Waals surface area contributed by atoms with Crippen LogP contribution in [0.5, 0.6) is 0 Å². The number of carbonyl (C=O) groups excluding carboxylic acids is 1. The van der Waals surface area contributed by atoms with Crippen molar-refractivity contribution in [1.82, 2.24) is 14.3 Å². The van der Waals surface area contributed by atoms with E-state index in [1.165, 1.54) is 17.1 Å². The van der Waals surface area contributed by atoms with Gasteiger partial charge in [0, 0.05) is 12.0 Å². The number of halogens is 3. The van der Waals surface area contributed by atoms with Crippen LogP contribution >= 0.6 is 0 Å². The number of carbonyl (C=O) groups is 1. The summed E-state index contributed by atoms with van der Waals surface area (Å²) in [6, 6.07) is 2.79. The van der Waals surface area contributed by atoms with Crippen molar-refractivity contribution in [2.45, 2.75) is 31.7 Å². The number of fused-ring (bicyclic) bond motifs is 1. The highest BCUT2D eigenvalue weighted by atomic mass is 19.4. The van der Waals surface area contributed by atoms with Gasteiger partial charge >= 0.3 is 12.1 Å². The van der Waals surface area contributed by atoms with E-state index in [2.05, 4.69) is 9.84 Å². The molecule has 11 heteroatoms. The summed E-state index contributed by atoms with van der Waals surface area (Å²) >= 11 is 0. The normalized spacial score (nSPS) is 17.1. The molecule has 0 bridgehead atoms. The van der Waals surface area contributed by atoms with E-state index in [1.54, 1.807) is 0 Å². The van der Waals surface area contributed by atoms with Crippen LogP contribution in [0.2, 0.25) is 0 Å². The largest absolute Gasteiger partial charge is 0.465 e. The Morgan fingerprint density at radius 3 is 2.74 bits per heavy atom. The summed E-state index contributed by atoms with van der Waals surface area (Å²) in [5.41, 5.74) is 3.49. The molecule has 1 unspecified atom stereocenters. The number of pyridine rings is 1. The third-order valence-electron chi connectivity index (χ3n) is 5.23. The molecule has 164 valence electrons. The predicted molar refractivity (Wildman–Crippen MR) is 105 cm³/mol. The average molecular weight is 436 g/mol. The molecule has 0 aliphatic carbocycles. The molecule has 0 amide bonds. The molecule has 3 heterocycles. The second-order valence-electron chi connectivity index (χ2n) is 7.15. The van der Waals surface area contributed by atoms with Crippen LogP contribution in [0.3, 0.4) is 0 Å². The van der Waals surface area contributed by atoms with E-state index >= 15 is 0 Å². The maximum atomic E-state index is 13.3. The van der Waals surface area contributed by atoms with Crippen LogP contribution in [-0.4, -0.2) is 34.0 Å². The van der Waals surface area contributed by atoms with Gasteiger partial charge in [-0.05, 0) is 31.4 Å². The number of aromatic nitrogens is 3. The molecule has 1 aromatic carbocycles. The van der Waals surface area contributed by atoms with Crippen molar-refractivity contribution in [3.05, 3.63) is 52.1 Å². The first-order valence-electron chi connectivity index (χ1n) is 9.52. The van der Waals surface area contributed by atoms with E-state index in [9.17, 15) is 22.8 Å². The number of hydrogen-bond acceptors (Lipinski definition) is 6. The van der Waals surface area contributed by atoms with Gasteiger partial charge in [0.15, 0.2) is 0 Å². The van der Waals surface area contributed by atoms with Gasteiger partial charge in [-0.15, -0.1) is 0 Å². The van der Waals surface area contributed by atoms with Crippen LogP contribution < -0.4 is 11.3 Å². The number of nitrogens with two attached hydrogens (primary N) is 1. The second-order valence-corrected chi connectivity index (χ2v) is 7.15. The molecule has 0 radical (unpaired) electrons. The van der Waals surface area contributed by atoms with Crippen molar-refractivity contribution in [2.24, 2.45) is 0 Å². The van der Waals surface area contributed by atoms with Crippen LogP contribution in [-0.2, 0) is 15.7 Å². The molecule has 1 fully saturated rings. The molecule has 4 rings (SSSR count). The lowest BCUT2D eigenvalue weighted by Gasteiger charge is -2.22. The van der Waals surface area contributed by atoms with Crippen molar-refractivity contribution in [3.63, 3.8) is 0 Å². The predicted octanol–water partition coefficient (Wildman–Crippen LogP) is 3.27. The first kappa shape index (κ1) is 20.9. The molecule has 31 heavy (non-hydrogen) atoms. The van der Waals surface area contributed by atoms with Gasteiger partial charge in [-0.1, -0.05) is 6.07 Å². The van der Waals surface area contributed by atoms with E-state index in [-0.39, 0.29) is 28.5 Å². The molecule has 0 saturated carbocycles. The zero-order valence-electron chi connectivity index (χ0n) is 16.5. The molecular formula is C20H19F3N4O4. The zero-order valence-corrected chi connectivity index (χ0v) is 16.5. The first-order chi connectivity index (χ1) is 14.7. The van der Waals surface area contributed by atoms with Crippen LogP contribution in [0, 0.1) is 0 Å². The summed E-state index contributed by atoms with van der Waals surface area (Å²) in [5, 5.41) is 4.32. The topological polar surface area (TPSA) is 101 Å². The Morgan fingerprint density at radius 1 is 1.32 bits per heavy atom. The van der Waals surface area contributed by atoms with Gasteiger partial charge in [0.1, 0.15) is 11.8 Å². The Labute approximate surface area is 174 Å². The fraction of sp³-hybridized carbons (Fsp3) is 0.350. The molecular weight excluding hydrogens is 417 g/mol. The smallest absolute Gasteiger partial charge is 0.416 e. The SMILES string of the molecule is COC(=O)c1c(N)c2ccc(C(F)(F)F)cc2n(-c2cnn(C3CCCCO3)c2)c1=O. The molecule has 1 saturated heterocycles. The zero-order chi connectivity index (χ0) is 22.3. The fourth-order valence-electron chi connectivity index (χ4n) is 3.68. The first-order valence-corrected chi connectivity index (χ1v) is 9.52. The lowest BCUT2D eigenvalue weighted by atomic mass is 10.1. The maximum Gasteiger partial charge on any atom is 0.416 e. The monoisotopic (exact) mass is 436 g/mol. The highest BCUT2D eigenvalue weighted by Crippen LogP contribution is 2.34. The van der Waals surface area contributed by atoms with Crippen molar-refractivity contribution >= 4 is 22.6 Å². The average Bonchev–Trinajstić information content (AvgIpc) is 3.23. The van der Waals surface area contributed by atoms with Gasteiger partial charge in [-0.25, -0.2) is 9.48 Å². The molecule has 2 aromatic heterocycles. The van der Waals surface area contributed by atoms with E-state index in [1.807, 2.05) is 0 Å². The highest BCUT2D eigenvalue weighted by Gasteiger charge is 2.32. The van der Waals surface area contributed by atoms with Gasteiger partial charge in [0.2, 0.25) is 0 Å². The van der Waals surface area contributed by atoms with Gasteiger partial charge in [-0.3, -0.25) is 9.36 Å². The Hall–Kier alpha value is -3.34. The number of rotatable bonds is 3. The molecule has 3 aromatic rings. The fourth-order valence-corrected chi connectivity index (χ4v) is 3.68. The van der Waals surface area contributed by atoms with Crippen LogP contribution in [0.1, 0.15) is 41.4 Å². The number of ether oxygens (including phenoxy) is 2. The number of hydrogen-bond donors (Lipinski definition) is 1. The quantitative estimate of drug-likeness (QED) is 0.633. The van der Waals surface area contributed by atoms with Crippen molar-refractivity contribution in [1.29, 1.82) is 0 Å². The number of benzene rings is 1. The minimum atomic E-state index is -4.63. The number of nitrogen functional groups attached to an aromatic ring is 1. The summed E-state index contributed by atoms with van der Waals surface area (Å²) in [6.45, 7) is 0.562. The molecule has 1 atom stereocenters. The lowest BCUT2D eigenvalue weighted by molar-refractivity contribution is -0.137. The van der Waals surface area contributed by atoms with Gasteiger partial charge in [0.25, 0.3) is 5.56 Å². The van der Waals surface area contributed by atoms with Crippen molar-refractivity contribution in [3.8, 4) is 5.69 Å². The molecule has 1 aliphatic rings. The van der Waals surface area contributed by atoms with Gasteiger partial charge in [-0.2, -0.15) is 18.3 Å². The Morgan fingerprint density at radius 2 is 2.10 bits per heavy atom. The third-order valence-corrected chi connectivity index (χ3v) is 5.23. The Kier molecular flexibility index (Phi) is 5.21. The summed E-state index contributed by atoms with van der Waals surface area (Å²) < 4.78 is 52.8. The summed E-state index contributed by atoms with van der Waals surface area (Å²) in [5.74, 6) is -0.985. The van der Waals surface area contributed by atoms with E-state index in [0.717, 1.165) is 42.7 Å². The van der Waals surface area contributed by atoms with Crippen LogP contribution in [0.4, 0.5) is 18.9 Å². The molecule has 0 spiro atoms. The highest BCUT2D eigenvalue weighted by molar-refractivity contribution is 6.04. The summed E-state index contributed by atoms with van der Waals surface area (Å²) in [6.07, 6.45) is 0.422. The number of anilines is 1. The van der Waals surface area contributed by atoms with E-state index in [0.29, 0.717) is 13.0 Å². The maximum absolute atomic E-state index is 13.3. The Balaban J connectivity index is 1.98. The number of nitrogens with zero attached hydrogens (tertiary/aromatic N) is 3. The molecule has 1 aliphatic heterocycles. The third kappa shape index (κ3) is 3.65. The van der Waals surface area contributed by atoms with Crippen molar-refractivity contribution in [2.75, 3.05) is 19.5 Å². The number of alkyl halides is 3. The number of methoxy groups -OCH3 is 1. The standard InChI is InChI=1S/C20H19F3N4O4/c1-30-19(29)16-17(24)13-6-5-11(20(21,22)23)8-14(13)27(18(16)28)12-9-25-26(10-12)15-4-2-3-7-31-15/h5-6,8-10,15H,2-4,7,24H2,1H3. The van der Waals surface area contributed by atoms with Crippen molar-refractivity contribution < 1.29 is 27.4 Å². The van der Waals surface area contributed by atoms with Gasteiger partial charge < -0.3 is 15.2 Å². The lowest BCUT2D eigenvalue weighted by Crippen LogP contribution is -2.28. The van der Waals surface area contributed by atoms with E-state index in [4.69, 9.17) is 10.5 Å². The number of esters is 1. The van der Waals surface area contributed by atoms with Crippen LogP contribution in [0.15, 0.2) is 35.4 Å². The summed E-state index contributed by atoms with van der Waals surface area (Å²) in [4.78, 5) is 25.4.